The highest BCUT2D eigenvalue weighted by Gasteiger charge is 2.07. The van der Waals surface area contributed by atoms with E-state index in [0.29, 0.717) is 11.5 Å². The Bertz CT molecular complexity index is 367. The quantitative estimate of drug-likeness (QED) is 0.750. The Balaban J connectivity index is 2.83. The van der Waals surface area contributed by atoms with E-state index >= 15 is 0 Å². The molecule has 15 heavy (non-hydrogen) atoms. The molecule has 3 heteroatoms. The Kier molecular flexibility index (Phi) is 3.61. The van der Waals surface area contributed by atoms with Crippen molar-refractivity contribution in [1.82, 2.24) is 0 Å². The zero-order valence-corrected chi connectivity index (χ0v) is 9.19. The number of ether oxygens (including phenoxy) is 1. The number of benzene rings is 1. The molecule has 0 bridgehead atoms. The van der Waals surface area contributed by atoms with Crippen molar-refractivity contribution in [2.45, 2.75) is 20.8 Å². The summed E-state index contributed by atoms with van der Waals surface area (Å²) >= 11 is 0. The van der Waals surface area contributed by atoms with Gasteiger partial charge in [-0.15, -0.1) is 0 Å². The van der Waals surface area contributed by atoms with Crippen molar-refractivity contribution in [2.24, 2.45) is 5.92 Å². The van der Waals surface area contributed by atoms with Crippen LogP contribution in [-0.4, -0.2) is 10.2 Å². The number of allylic oxidation sites excluding steroid dienone is 2. The Hall–Kier alpha value is -1.64. The first kappa shape index (κ1) is 11.4. The molecule has 0 unspecified atom stereocenters. The lowest BCUT2D eigenvalue weighted by Gasteiger charge is -2.10. The second-order valence-electron chi connectivity index (χ2n) is 3.70. The average molecular weight is 208 g/mol. The molecular formula is C12H16O3. The van der Waals surface area contributed by atoms with Crippen LogP contribution >= 0.6 is 0 Å². The first-order valence-corrected chi connectivity index (χ1v) is 4.87. The molecule has 0 aliphatic heterocycles. The SMILES string of the molecule is C/C(Oc1cccc(O)c1)=C(\O)C(C)C. The summed E-state index contributed by atoms with van der Waals surface area (Å²) in [6, 6.07) is 6.46. The van der Waals surface area contributed by atoms with E-state index in [1.54, 1.807) is 25.1 Å². The molecule has 0 spiro atoms. The van der Waals surface area contributed by atoms with Crippen LogP contribution in [0.4, 0.5) is 0 Å². The lowest BCUT2D eigenvalue weighted by Crippen LogP contribution is -2.01. The van der Waals surface area contributed by atoms with E-state index in [9.17, 15) is 10.2 Å². The van der Waals surface area contributed by atoms with Crippen LogP contribution in [0.5, 0.6) is 11.5 Å². The minimum Gasteiger partial charge on any atom is -0.509 e. The summed E-state index contributed by atoms with van der Waals surface area (Å²) in [6.07, 6.45) is 0. The zero-order chi connectivity index (χ0) is 11.4. The zero-order valence-electron chi connectivity index (χ0n) is 9.19. The van der Waals surface area contributed by atoms with Gasteiger partial charge in [0.05, 0.1) is 0 Å². The van der Waals surface area contributed by atoms with Crippen LogP contribution in [-0.2, 0) is 0 Å². The number of aliphatic hydroxyl groups excluding tert-OH is 1. The molecule has 0 amide bonds. The normalized spacial score (nSPS) is 12.5. The van der Waals surface area contributed by atoms with Gasteiger partial charge in [0, 0.05) is 12.0 Å². The minimum atomic E-state index is 0.0299. The number of hydrogen-bond donors (Lipinski definition) is 2. The van der Waals surface area contributed by atoms with Gasteiger partial charge < -0.3 is 14.9 Å². The van der Waals surface area contributed by atoms with Crippen molar-refractivity contribution >= 4 is 0 Å². The molecule has 2 N–H and O–H groups in total. The monoisotopic (exact) mass is 208 g/mol. The van der Waals surface area contributed by atoms with Crippen LogP contribution in [0, 0.1) is 5.92 Å². The summed E-state index contributed by atoms with van der Waals surface area (Å²) in [5, 5.41) is 18.8. The van der Waals surface area contributed by atoms with E-state index in [-0.39, 0.29) is 17.4 Å². The van der Waals surface area contributed by atoms with Crippen LogP contribution in [0.15, 0.2) is 35.8 Å². The molecule has 0 aromatic heterocycles. The molecule has 0 aliphatic carbocycles. The van der Waals surface area contributed by atoms with Crippen molar-refractivity contribution in [3.63, 3.8) is 0 Å². The summed E-state index contributed by atoms with van der Waals surface area (Å²) < 4.78 is 5.39. The van der Waals surface area contributed by atoms with Crippen LogP contribution < -0.4 is 4.74 Å². The summed E-state index contributed by atoms with van der Waals surface area (Å²) in [7, 11) is 0. The van der Waals surface area contributed by atoms with E-state index in [1.165, 1.54) is 6.07 Å². The molecule has 82 valence electrons. The molecule has 0 atom stereocenters. The maximum atomic E-state index is 9.62. The van der Waals surface area contributed by atoms with Crippen molar-refractivity contribution in [2.75, 3.05) is 0 Å². The van der Waals surface area contributed by atoms with E-state index in [2.05, 4.69) is 0 Å². The van der Waals surface area contributed by atoms with E-state index in [4.69, 9.17) is 4.74 Å². The molecule has 0 saturated carbocycles. The van der Waals surface area contributed by atoms with Crippen LogP contribution in [0.3, 0.4) is 0 Å². The number of hydrogen-bond acceptors (Lipinski definition) is 3. The van der Waals surface area contributed by atoms with Gasteiger partial charge in [-0.3, -0.25) is 0 Å². The molecule has 1 aromatic rings. The van der Waals surface area contributed by atoms with Gasteiger partial charge in [0.1, 0.15) is 23.0 Å². The van der Waals surface area contributed by atoms with Crippen molar-refractivity contribution in [3.8, 4) is 11.5 Å². The third-order valence-corrected chi connectivity index (χ3v) is 2.00. The van der Waals surface area contributed by atoms with Gasteiger partial charge in [-0.2, -0.15) is 0 Å². The van der Waals surface area contributed by atoms with Crippen molar-refractivity contribution in [1.29, 1.82) is 0 Å². The fourth-order valence-corrected chi connectivity index (χ4v) is 1.18. The molecule has 0 fully saturated rings. The topological polar surface area (TPSA) is 49.7 Å². The molecule has 0 aliphatic rings. The number of aliphatic hydroxyl groups is 1. The number of rotatable bonds is 3. The molecule has 0 heterocycles. The fraction of sp³-hybridized carbons (Fsp3) is 0.333. The number of phenolic OH excluding ortho intramolecular Hbond substituents is 1. The van der Waals surface area contributed by atoms with Crippen LogP contribution in [0.2, 0.25) is 0 Å². The van der Waals surface area contributed by atoms with E-state index in [1.807, 2.05) is 13.8 Å². The van der Waals surface area contributed by atoms with Crippen LogP contribution in [0.1, 0.15) is 20.8 Å². The van der Waals surface area contributed by atoms with Gasteiger partial charge >= 0.3 is 0 Å². The van der Waals surface area contributed by atoms with Gasteiger partial charge in [-0.05, 0) is 19.1 Å². The standard InChI is InChI=1S/C12H16O3/c1-8(2)12(14)9(3)15-11-6-4-5-10(13)7-11/h4-8,13-14H,1-3H3/b12-9+. The summed E-state index contributed by atoms with van der Waals surface area (Å²) in [5.74, 6) is 1.36. The largest absolute Gasteiger partial charge is 0.509 e. The second kappa shape index (κ2) is 4.73. The summed E-state index contributed by atoms with van der Waals surface area (Å²) in [4.78, 5) is 0. The summed E-state index contributed by atoms with van der Waals surface area (Å²) in [5.41, 5.74) is 0. The molecule has 0 saturated heterocycles. The number of aromatic hydroxyl groups is 1. The van der Waals surface area contributed by atoms with Gasteiger partial charge in [-0.25, -0.2) is 0 Å². The molecule has 3 nitrogen and oxygen atoms in total. The lowest BCUT2D eigenvalue weighted by molar-refractivity contribution is 0.296. The van der Waals surface area contributed by atoms with Crippen LogP contribution in [0.25, 0.3) is 0 Å². The Labute approximate surface area is 89.6 Å². The maximum Gasteiger partial charge on any atom is 0.139 e. The van der Waals surface area contributed by atoms with Gasteiger partial charge in [-0.1, -0.05) is 19.9 Å². The van der Waals surface area contributed by atoms with E-state index in [0.717, 1.165) is 0 Å². The highest BCUT2D eigenvalue weighted by Crippen LogP contribution is 2.21. The van der Waals surface area contributed by atoms with Crippen molar-refractivity contribution < 1.29 is 14.9 Å². The third-order valence-electron chi connectivity index (χ3n) is 2.00. The molecule has 1 rings (SSSR count). The molecule has 0 radical (unpaired) electrons. The predicted molar refractivity (Wildman–Crippen MR) is 58.9 cm³/mol. The minimum absolute atomic E-state index is 0.0299. The Morgan fingerprint density at radius 1 is 1.33 bits per heavy atom. The third kappa shape index (κ3) is 3.20. The highest BCUT2D eigenvalue weighted by atomic mass is 16.5. The Morgan fingerprint density at radius 3 is 2.53 bits per heavy atom. The fourth-order valence-electron chi connectivity index (χ4n) is 1.18. The first-order valence-electron chi connectivity index (χ1n) is 4.87. The Morgan fingerprint density at radius 2 is 2.00 bits per heavy atom. The van der Waals surface area contributed by atoms with Gasteiger partial charge in [0.25, 0.3) is 0 Å². The average Bonchev–Trinajstić information content (AvgIpc) is 2.16. The predicted octanol–water partition coefficient (Wildman–Crippen LogP) is 3.22. The highest BCUT2D eigenvalue weighted by molar-refractivity contribution is 5.32. The smallest absolute Gasteiger partial charge is 0.139 e. The molecule has 1 aromatic carbocycles. The molecular weight excluding hydrogens is 192 g/mol. The number of phenols is 1. The summed E-state index contributed by atoms with van der Waals surface area (Å²) in [6.45, 7) is 5.45. The van der Waals surface area contributed by atoms with Crippen molar-refractivity contribution in [3.05, 3.63) is 35.8 Å². The maximum absolute atomic E-state index is 9.62. The first-order chi connectivity index (χ1) is 7.00. The van der Waals surface area contributed by atoms with E-state index < -0.39 is 0 Å². The lowest BCUT2D eigenvalue weighted by atomic mass is 10.1. The second-order valence-corrected chi connectivity index (χ2v) is 3.70. The van der Waals surface area contributed by atoms with Gasteiger partial charge in [0.15, 0.2) is 0 Å². The van der Waals surface area contributed by atoms with Gasteiger partial charge in [0.2, 0.25) is 0 Å².